The van der Waals surface area contributed by atoms with Gasteiger partial charge >= 0.3 is 0 Å². The van der Waals surface area contributed by atoms with Gasteiger partial charge in [-0.3, -0.25) is 16.0 Å². The van der Waals surface area contributed by atoms with Crippen molar-refractivity contribution in [3.8, 4) is 0 Å². The lowest BCUT2D eigenvalue weighted by atomic mass is 10.2. The summed E-state index contributed by atoms with van der Waals surface area (Å²) in [6, 6.07) is 22.8. The van der Waals surface area contributed by atoms with Crippen molar-refractivity contribution in [2.24, 2.45) is 0 Å². The zero-order chi connectivity index (χ0) is 20.9. The van der Waals surface area contributed by atoms with Gasteiger partial charge in [0, 0.05) is 34.1 Å². The first-order valence-electron chi connectivity index (χ1n) is 9.68. The van der Waals surface area contributed by atoms with Gasteiger partial charge in [-0.1, -0.05) is 0 Å². The van der Waals surface area contributed by atoms with Gasteiger partial charge in [-0.2, -0.15) is 0 Å². The summed E-state index contributed by atoms with van der Waals surface area (Å²) >= 11 is 0. The van der Waals surface area contributed by atoms with Gasteiger partial charge in [0.1, 0.15) is 18.9 Å². The molecular formula is C21H27N9. The van der Waals surface area contributed by atoms with Crippen LogP contribution in [0, 0.1) is 0 Å². The average Bonchev–Trinajstić information content (AvgIpc) is 2.73. The fourth-order valence-electron chi connectivity index (χ4n) is 3.13. The number of anilines is 6. The minimum Gasteiger partial charge on any atom is -0.399 e. The van der Waals surface area contributed by atoms with Gasteiger partial charge in [0.05, 0.1) is 0 Å². The van der Waals surface area contributed by atoms with E-state index < -0.39 is 0 Å². The molecule has 9 heteroatoms. The number of rotatable bonds is 6. The smallest absolute Gasteiger partial charge is 0.137 e. The van der Waals surface area contributed by atoms with Gasteiger partial charge in [-0.05, 0) is 72.8 Å². The highest BCUT2D eigenvalue weighted by Gasteiger charge is 2.26. The van der Waals surface area contributed by atoms with Crippen molar-refractivity contribution in [2.75, 3.05) is 33.2 Å². The summed E-state index contributed by atoms with van der Waals surface area (Å²) in [6.07, 6.45) is -0.688. The third-order valence-corrected chi connectivity index (χ3v) is 4.67. The van der Waals surface area contributed by atoms with E-state index in [9.17, 15) is 0 Å². The number of hydrogen-bond donors (Lipinski definition) is 9. The molecule has 1 aliphatic heterocycles. The fraction of sp³-hybridized carbons (Fsp3) is 0.143. The first kappa shape index (κ1) is 19.6. The van der Waals surface area contributed by atoms with Crippen LogP contribution < -0.4 is 49.1 Å². The number of benzene rings is 3. The van der Waals surface area contributed by atoms with Gasteiger partial charge in [-0.15, -0.1) is 0 Å². The Labute approximate surface area is 175 Å². The van der Waals surface area contributed by atoms with Crippen LogP contribution in [0.3, 0.4) is 0 Å². The SMILES string of the molecule is Nc1ccc(NC2NC(Nc3ccc(N)cc3)NC(Nc3ccc(N)cc3)N2)cc1. The summed E-state index contributed by atoms with van der Waals surface area (Å²) in [7, 11) is 0. The minimum absolute atomic E-state index is 0.229. The highest BCUT2D eigenvalue weighted by Crippen LogP contribution is 2.15. The molecule has 12 N–H and O–H groups in total. The Balaban J connectivity index is 1.47. The van der Waals surface area contributed by atoms with Crippen LogP contribution in [0.25, 0.3) is 0 Å². The van der Waals surface area contributed by atoms with Gasteiger partial charge in [0.2, 0.25) is 0 Å². The molecule has 1 fully saturated rings. The summed E-state index contributed by atoms with van der Waals surface area (Å²) < 4.78 is 0. The van der Waals surface area contributed by atoms with E-state index in [1.807, 2.05) is 72.8 Å². The Bertz CT molecular complexity index is 809. The van der Waals surface area contributed by atoms with E-state index in [2.05, 4.69) is 31.9 Å². The molecule has 30 heavy (non-hydrogen) atoms. The summed E-state index contributed by atoms with van der Waals surface area (Å²) in [4.78, 5) is 0. The molecule has 4 rings (SSSR count). The Hall–Kier alpha value is -3.66. The van der Waals surface area contributed by atoms with Crippen molar-refractivity contribution in [1.29, 1.82) is 0 Å². The quantitative estimate of drug-likeness (QED) is 0.279. The lowest BCUT2D eigenvalue weighted by molar-refractivity contribution is 0.248. The Morgan fingerprint density at radius 1 is 0.433 bits per heavy atom. The fourth-order valence-corrected chi connectivity index (χ4v) is 3.13. The predicted octanol–water partition coefficient (Wildman–Crippen LogP) is 1.70. The second kappa shape index (κ2) is 8.78. The zero-order valence-corrected chi connectivity index (χ0v) is 16.4. The van der Waals surface area contributed by atoms with Crippen molar-refractivity contribution in [3.63, 3.8) is 0 Å². The molecule has 0 aliphatic carbocycles. The minimum atomic E-state index is -0.229. The molecule has 3 aromatic rings. The second-order valence-electron chi connectivity index (χ2n) is 7.10. The molecule has 1 heterocycles. The molecule has 0 bridgehead atoms. The molecule has 1 aliphatic rings. The first-order valence-corrected chi connectivity index (χ1v) is 9.68. The van der Waals surface area contributed by atoms with Crippen LogP contribution in [0.4, 0.5) is 34.1 Å². The maximum Gasteiger partial charge on any atom is 0.137 e. The third kappa shape index (κ3) is 5.23. The predicted molar refractivity (Wildman–Crippen MR) is 124 cm³/mol. The molecular weight excluding hydrogens is 378 g/mol. The second-order valence-corrected chi connectivity index (χ2v) is 7.10. The Kier molecular flexibility index (Phi) is 5.75. The van der Waals surface area contributed by atoms with Crippen molar-refractivity contribution >= 4 is 34.1 Å². The Morgan fingerprint density at radius 2 is 0.667 bits per heavy atom. The standard InChI is InChI=1S/C21H27N9/c22-13-1-7-16(8-2-13)25-19-28-20(26-17-9-3-14(23)4-10-17)30-21(29-19)27-18-11-5-15(24)6-12-18/h1-12,19-21,25-30H,22-24H2. The number of nitrogens with two attached hydrogens (primary N) is 3. The van der Waals surface area contributed by atoms with E-state index in [0.29, 0.717) is 0 Å². The van der Waals surface area contributed by atoms with Gasteiger partial charge < -0.3 is 33.2 Å². The van der Waals surface area contributed by atoms with Crippen LogP contribution >= 0.6 is 0 Å². The third-order valence-electron chi connectivity index (χ3n) is 4.67. The van der Waals surface area contributed by atoms with E-state index in [1.54, 1.807) is 0 Å². The van der Waals surface area contributed by atoms with E-state index in [4.69, 9.17) is 17.2 Å². The van der Waals surface area contributed by atoms with E-state index in [0.717, 1.165) is 34.1 Å². The summed E-state index contributed by atoms with van der Waals surface area (Å²) in [6.45, 7) is 0. The van der Waals surface area contributed by atoms with Crippen LogP contribution in [0.5, 0.6) is 0 Å². The summed E-state index contributed by atoms with van der Waals surface area (Å²) in [5.74, 6) is 0. The van der Waals surface area contributed by atoms with Gasteiger partial charge in [0.15, 0.2) is 0 Å². The van der Waals surface area contributed by atoms with Crippen molar-refractivity contribution in [2.45, 2.75) is 18.9 Å². The lowest BCUT2D eigenvalue weighted by Crippen LogP contribution is -2.73. The number of hydrogen-bond acceptors (Lipinski definition) is 9. The van der Waals surface area contributed by atoms with Crippen molar-refractivity contribution < 1.29 is 0 Å². The van der Waals surface area contributed by atoms with E-state index in [1.165, 1.54) is 0 Å². The molecule has 0 aromatic heterocycles. The molecule has 3 aromatic carbocycles. The molecule has 0 atom stereocenters. The molecule has 9 nitrogen and oxygen atoms in total. The summed E-state index contributed by atoms with van der Waals surface area (Å²) in [5, 5.41) is 20.6. The molecule has 0 saturated carbocycles. The molecule has 1 saturated heterocycles. The molecule has 156 valence electrons. The molecule has 0 spiro atoms. The van der Waals surface area contributed by atoms with Crippen LogP contribution in [0.15, 0.2) is 72.8 Å². The van der Waals surface area contributed by atoms with Crippen LogP contribution in [0.1, 0.15) is 0 Å². The number of nitrogens with one attached hydrogen (secondary N) is 6. The molecule has 0 radical (unpaired) electrons. The zero-order valence-electron chi connectivity index (χ0n) is 16.4. The first-order chi connectivity index (χ1) is 14.5. The van der Waals surface area contributed by atoms with Gasteiger partial charge in [0.25, 0.3) is 0 Å². The van der Waals surface area contributed by atoms with Crippen molar-refractivity contribution in [1.82, 2.24) is 16.0 Å². The lowest BCUT2D eigenvalue weighted by Gasteiger charge is -2.40. The largest absolute Gasteiger partial charge is 0.399 e. The average molecular weight is 406 g/mol. The normalized spacial score (nSPS) is 21.0. The topological polar surface area (TPSA) is 150 Å². The van der Waals surface area contributed by atoms with E-state index >= 15 is 0 Å². The molecule has 0 unspecified atom stereocenters. The molecule has 0 amide bonds. The highest BCUT2D eigenvalue weighted by atomic mass is 15.5. The van der Waals surface area contributed by atoms with E-state index in [-0.39, 0.29) is 18.9 Å². The maximum atomic E-state index is 5.79. The van der Waals surface area contributed by atoms with Gasteiger partial charge in [-0.25, -0.2) is 0 Å². The van der Waals surface area contributed by atoms with Crippen LogP contribution in [-0.2, 0) is 0 Å². The Morgan fingerprint density at radius 3 is 0.900 bits per heavy atom. The monoisotopic (exact) mass is 405 g/mol. The highest BCUT2D eigenvalue weighted by molar-refractivity contribution is 5.54. The summed E-state index contributed by atoms with van der Waals surface area (Å²) in [5.41, 5.74) is 22.3. The maximum absolute atomic E-state index is 5.79. The van der Waals surface area contributed by atoms with Crippen LogP contribution in [-0.4, -0.2) is 18.9 Å². The van der Waals surface area contributed by atoms with Crippen molar-refractivity contribution in [3.05, 3.63) is 72.8 Å². The van der Waals surface area contributed by atoms with Crippen LogP contribution in [0.2, 0.25) is 0 Å². The number of nitrogen functional groups attached to an aromatic ring is 3.